The molecule has 1 aliphatic rings. The second kappa shape index (κ2) is 7.87. The Balaban J connectivity index is 2.05. The molecule has 0 aromatic carbocycles. The van der Waals surface area contributed by atoms with E-state index in [1.807, 2.05) is 0 Å². The fraction of sp³-hybridized carbons (Fsp3) is 0.692. The van der Waals surface area contributed by atoms with E-state index in [9.17, 15) is 9.59 Å². The van der Waals surface area contributed by atoms with Crippen molar-refractivity contribution in [2.75, 3.05) is 13.6 Å². The van der Waals surface area contributed by atoms with Gasteiger partial charge in [-0.3, -0.25) is 4.79 Å². The lowest BCUT2D eigenvalue weighted by Gasteiger charge is -2.19. The van der Waals surface area contributed by atoms with Crippen LogP contribution in [0.5, 0.6) is 0 Å². The first-order chi connectivity index (χ1) is 8.61. The van der Waals surface area contributed by atoms with Gasteiger partial charge in [-0.15, -0.1) is 0 Å². The van der Waals surface area contributed by atoms with Crippen LogP contribution in [-0.4, -0.2) is 25.5 Å². The molecule has 1 saturated carbocycles. The summed E-state index contributed by atoms with van der Waals surface area (Å²) >= 11 is 0. The molecule has 0 atom stereocenters. The zero-order chi connectivity index (χ0) is 13.4. The number of carbonyl (C=O) groups is 2. The van der Waals surface area contributed by atoms with E-state index in [-0.39, 0.29) is 25.5 Å². The number of hydrogen-bond donors (Lipinski definition) is 0. The number of carbonyl (C=O) groups excluding carboxylic acids is 2. The first kappa shape index (κ1) is 14.7. The maximum Gasteiger partial charge on any atom is 0.335 e. The summed E-state index contributed by atoms with van der Waals surface area (Å²) in [7, 11) is 0. The third-order valence-electron chi connectivity index (χ3n) is 2.84. The zero-order valence-electron chi connectivity index (χ0n) is 10.8. The Bertz CT molecular complexity index is 305. The first-order valence-corrected chi connectivity index (χ1v) is 6.18. The minimum Gasteiger partial charge on any atom is -0.438 e. The van der Waals surface area contributed by atoms with E-state index in [0.717, 1.165) is 25.7 Å². The van der Waals surface area contributed by atoms with E-state index in [0.29, 0.717) is 5.57 Å². The maximum absolute atomic E-state index is 11.6. The van der Waals surface area contributed by atoms with Gasteiger partial charge < -0.3 is 14.2 Å². The lowest BCUT2D eigenvalue weighted by molar-refractivity contribution is -0.177. The number of hydrogen-bond acceptors (Lipinski definition) is 5. The SMILES string of the molecule is C=C(C)C(=O)OCOCOC(=O)C1CCCCC1. The second-order valence-corrected chi connectivity index (χ2v) is 4.45. The third kappa shape index (κ3) is 5.31. The third-order valence-corrected chi connectivity index (χ3v) is 2.84. The summed E-state index contributed by atoms with van der Waals surface area (Å²) in [5, 5.41) is 0. The molecule has 0 heterocycles. The minimum absolute atomic E-state index is 0.000296. The Morgan fingerprint density at radius 2 is 1.72 bits per heavy atom. The van der Waals surface area contributed by atoms with Crippen LogP contribution in [-0.2, 0) is 23.8 Å². The summed E-state index contributed by atoms with van der Waals surface area (Å²) in [6, 6.07) is 0. The summed E-state index contributed by atoms with van der Waals surface area (Å²) in [5.41, 5.74) is 0.304. The van der Waals surface area contributed by atoms with Gasteiger partial charge in [0.05, 0.1) is 5.92 Å². The number of ether oxygens (including phenoxy) is 3. The van der Waals surface area contributed by atoms with Crippen molar-refractivity contribution >= 4 is 11.9 Å². The maximum atomic E-state index is 11.6. The van der Waals surface area contributed by atoms with Crippen molar-refractivity contribution in [1.82, 2.24) is 0 Å². The van der Waals surface area contributed by atoms with Crippen LogP contribution in [0.25, 0.3) is 0 Å². The largest absolute Gasteiger partial charge is 0.438 e. The van der Waals surface area contributed by atoms with Gasteiger partial charge in [-0.2, -0.15) is 0 Å². The molecule has 0 spiro atoms. The molecule has 0 amide bonds. The van der Waals surface area contributed by atoms with Crippen LogP contribution in [0.2, 0.25) is 0 Å². The summed E-state index contributed by atoms with van der Waals surface area (Å²) < 4.78 is 14.5. The van der Waals surface area contributed by atoms with Gasteiger partial charge >= 0.3 is 11.9 Å². The highest BCUT2D eigenvalue weighted by Crippen LogP contribution is 2.24. The molecule has 102 valence electrons. The average molecular weight is 256 g/mol. The van der Waals surface area contributed by atoms with Crippen molar-refractivity contribution in [2.24, 2.45) is 5.92 Å². The quantitative estimate of drug-likeness (QED) is 0.315. The smallest absolute Gasteiger partial charge is 0.335 e. The molecule has 0 N–H and O–H groups in total. The van der Waals surface area contributed by atoms with Crippen LogP contribution in [0.15, 0.2) is 12.2 Å². The molecule has 5 heteroatoms. The summed E-state index contributed by atoms with van der Waals surface area (Å²) in [4.78, 5) is 22.6. The molecule has 1 aliphatic carbocycles. The fourth-order valence-corrected chi connectivity index (χ4v) is 1.81. The molecule has 0 bridgehead atoms. The molecule has 0 radical (unpaired) electrons. The summed E-state index contributed by atoms with van der Waals surface area (Å²) in [6.45, 7) is 4.56. The molecule has 0 saturated heterocycles. The van der Waals surface area contributed by atoms with Crippen molar-refractivity contribution in [1.29, 1.82) is 0 Å². The summed E-state index contributed by atoms with van der Waals surface area (Å²) in [6.07, 6.45) is 5.14. The molecular weight excluding hydrogens is 236 g/mol. The second-order valence-electron chi connectivity index (χ2n) is 4.45. The summed E-state index contributed by atoms with van der Waals surface area (Å²) in [5.74, 6) is -0.741. The highest BCUT2D eigenvalue weighted by atomic mass is 16.8. The van der Waals surface area contributed by atoms with E-state index in [2.05, 4.69) is 11.3 Å². The Morgan fingerprint density at radius 1 is 1.11 bits per heavy atom. The van der Waals surface area contributed by atoms with Crippen molar-refractivity contribution < 1.29 is 23.8 Å². The van der Waals surface area contributed by atoms with E-state index < -0.39 is 5.97 Å². The van der Waals surface area contributed by atoms with Gasteiger partial charge in [0.15, 0.2) is 13.6 Å². The van der Waals surface area contributed by atoms with Crippen LogP contribution in [0.3, 0.4) is 0 Å². The number of rotatable bonds is 6. The molecule has 1 fully saturated rings. The van der Waals surface area contributed by atoms with Crippen LogP contribution < -0.4 is 0 Å². The number of esters is 2. The van der Waals surface area contributed by atoms with Crippen LogP contribution in [0.4, 0.5) is 0 Å². The molecule has 1 rings (SSSR count). The van der Waals surface area contributed by atoms with Crippen molar-refractivity contribution in [3.05, 3.63) is 12.2 Å². The molecule has 0 aromatic heterocycles. The highest BCUT2D eigenvalue weighted by Gasteiger charge is 2.22. The van der Waals surface area contributed by atoms with Crippen LogP contribution in [0.1, 0.15) is 39.0 Å². The van der Waals surface area contributed by atoms with E-state index in [4.69, 9.17) is 9.47 Å². The van der Waals surface area contributed by atoms with Gasteiger partial charge in [0.25, 0.3) is 0 Å². The predicted octanol–water partition coefficient (Wildman–Crippen LogP) is 2.16. The minimum atomic E-state index is -0.520. The first-order valence-electron chi connectivity index (χ1n) is 6.18. The normalized spacial score (nSPS) is 16.1. The Morgan fingerprint density at radius 3 is 2.33 bits per heavy atom. The highest BCUT2D eigenvalue weighted by molar-refractivity contribution is 5.86. The average Bonchev–Trinajstić information content (AvgIpc) is 2.38. The monoisotopic (exact) mass is 256 g/mol. The Labute approximate surface area is 107 Å². The fourth-order valence-electron chi connectivity index (χ4n) is 1.81. The molecular formula is C13H20O5. The molecule has 5 nitrogen and oxygen atoms in total. The Kier molecular flexibility index (Phi) is 6.43. The molecule has 18 heavy (non-hydrogen) atoms. The van der Waals surface area contributed by atoms with Gasteiger partial charge in [-0.05, 0) is 19.8 Å². The van der Waals surface area contributed by atoms with Crippen molar-refractivity contribution in [3.63, 3.8) is 0 Å². The van der Waals surface area contributed by atoms with Gasteiger partial charge in [-0.1, -0.05) is 25.8 Å². The van der Waals surface area contributed by atoms with Crippen LogP contribution >= 0.6 is 0 Å². The molecule has 0 unspecified atom stereocenters. The van der Waals surface area contributed by atoms with Crippen molar-refractivity contribution in [3.8, 4) is 0 Å². The van der Waals surface area contributed by atoms with E-state index >= 15 is 0 Å². The topological polar surface area (TPSA) is 61.8 Å². The van der Waals surface area contributed by atoms with Gasteiger partial charge in [-0.25, -0.2) is 4.79 Å². The van der Waals surface area contributed by atoms with E-state index in [1.54, 1.807) is 6.92 Å². The molecule has 0 aromatic rings. The zero-order valence-corrected chi connectivity index (χ0v) is 10.8. The standard InChI is InChI=1S/C13H20O5/c1-10(2)12(14)17-8-16-9-18-13(15)11-6-4-3-5-7-11/h11H,1,3-9H2,2H3. The lowest BCUT2D eigenvalue weighted by atomic mass is 9.89. The predicted molar refractivity (Wildman–Crippen MR) is 64.4 cm³/mol. The van der Waals surface area contributed by atoms with Gasteiger partial charge in [0.2, 0.25) is 0 Å². The Hall–Kier alpha value is -1.36. The van der Waals surface area contributed by atoms with Gasteiger partial charge in [0, 0.05) is 5.57 Å². The van der Waals surface area contributed by atoms with E-state index in [1.165, 1.54) is 6.42 Å². The van der Waals surface area contributed by atoms with Gasteiger partial charge in [0.1, 0.15) is 0 Å². The van der Waals surface area contributed by atoms with Crippen molar-refractivity contribution in [2.45, 2.75) is 39.0 Å². The van der Waals surface area contributed by atoms with Crippen LogP contribution in [0, 0.1) is 5.92 Å². The lowest BCUT2D eigenvalue weighted by Crippen LogP contribution is -2.22. The molecule has 0 aliphatic heterocycles.